The molecule has 5 heterocycles. The summed E-state index contributed by atoms with van der Waals surface area (Å²) < 4.78 is 85.1. The van der Waals surface area contributed by atoms with Gasteiger partial charge in [0.25, 0.3) is 0 Å². The van der Waals surface area contributed by atoms with Gasteiger partial charge in [-0.05, 0) is 84.9 Å². The van der Waals surface area contributed by atoms with E-state index in [1.807, 2.05) is 0 Å². The molecule has 26 atom stereocenters. The maximum atomic E-state index is 15.3. The highest BCUT2D eigenvalue weighted by Crippen LogP contribution is 2.48. The second-order valence-electron chi connectivity index (χ2n) is 23.6. The van der Waals surface area contributed by atoms with Gasteiger partial charge < -0.3 is 107 Å². The molecule has 2 aromatic rings. The minimum absolute atomic E-state index is 0.00677. The number of ether oxygens (including phenoxy) is 14. The molecular weight excluding hydrogens is 1100 g/mol. The van der Waals surface area contributed by atoms with Crippen LogP contribution in [0, 0.1) is 18.8 Å². The fraction of sp³-hybridized carbons (Fsp3) is 0.776. The van der Waals surface area contributed by atoms with Gasteiger partial charge in [-0.15, -0.1) is 0 Å². The van der Waals surface area contributed by atoms with Crippen molar-refractivity contribution in [1.29, 1.82) is 0 Å². The predicted octanol–water partition coefficient (Wildman–Crippen LogP) is 2.61. The zero-order chi connectivity index (χ0) is 60.8. The lowest BCUT2D eigenvalue weighted by Gasteiger charge is -2.46. The van der Waals surface area contributed by atoms with Crippen LogP contribution in [0.2, 0.25) is 0 Å². The van der Waals surface area contributed by atoms with Crippen LogP contribution in [0.25, 0.3) is 10.8 Å². The number of aromatic hydroxyl groups is 2. The van der Waals surface area contributed by atoms with E-state index in [1.165, 1.54) is 41.9 Å². The van der Waals surface area contributed by atoms with Crippen molar-refractivity contribution in [1.82, 2.24) is 0 Å². The number of hydrogen-bond acceptors (Lipinski definition) is 25. The Kier molecular flexibility index (Phi) is 20.8. The van der Waals surface area contributed by atoms with Crippen molar-refractivity contribution < 1.29 is 122 Å². The summed E-state index contributed by atoms with van der Waals surface area (Å²) in [6.45, 7) is 16.9. The molecule has 8 N–H and O–H groups in total. The number of carbonyl (C=O) groups excluding carboxylic acids is 3. The topological polar surface area (TPSA) is 342 Å². The third kappa shape index (κ3) is 14.1. The molecule has 0 saturated carbocycles. The Morgan fingerprint density at radius 3 is 1.78 bits per heavy atom. The standard InChI is InChI=1S/C58H86O25/c1-22-36(79-42-20-39(55(28(7)75-42)77-30(9)60)82-40-17-35(62)54(71-13)27(6)74-40)16-33-14-32-15-34(53(70-12)23(2)47(63)24(3)59)56(52(68)46(32)51(67)45(33)48(22)64)83-43-19-37(49(65)26(5)73-43)80-41-18-38(50(66)25(4)72-41)81-44-21-58(11,69)57(29(8)76-44)78-31(10)61/h14,16,23-29,34-35,37-44,47,49-50,53-57,59,62-67,69H,15,17-21H2,1-13H3/t23-,24+,25-,26-,27-,28-,29-,34+,35-,37-,38-,39-,40+,41+,42+,43+,44+,47+,49-,50-,53-,54-,55-,56+,57-,58-/m1/s1. The van der Waals surface area contributed by atoms with Crippen LogP contribution in [-0.4, -0.2) is 220 Å². The van der Waals surface area contributed by atoms with Crippen LogP contribution in [0.1, 0.15) is 123 Å². The average molecular weight is 1180 g/mol. The van der Waals surface area contributed by atoms with Crippen molar-refractivity contribution in [3.8, 4) is 17.2 Å². The number of methoxy groups -OCH3 is 2. The second-order valence-corrected chi connectivity index (χ2v) is 23.6. The van der Waals surface area contributed by atoms with E-state index in [1.54, 1.807) is 60.6 Å². The first-order valence-electron chi connectivity index (χ1n) is 28.7. The molecule has 1 aliphatic carbocycles. The molecule has 0 radical (unpaired) electrons. The lowest BCUT2D eigenvalue weighted by atomic mass is 9.72. The van der Waals surface area contributed by atoms with Crippen molar-refractivity contribution in [2.75, 3.05) is 14.2 Å². The molecule has 0 unspecified atom stereocenters. The third-order valence-electron chi connectivity index (χ3n) is 17.2. The highest BCUT2D eigenvalue weighted by atomic mass is 16.7. The summed E-state index contributed by atoms with van der Waals surface area (Å²) in [4.78, 5) is 39.3. The number of benzene rings is 2. The normalized spacial score (nSPS) is 40.2. The zero-order valence-electron chi connectivity index (χ0n) is 49.3. The largest absolute Gasteiger partial charge is 0.507 e. The van der Waals surface area contributed by atoms with Crippen molar-refractivity contribution in [3.05, 3.63) is 28.8 Å². The van der Waals surface area contributed by atoms with Gasteiger partial charge in [0.2, 0.25) is 6.29 Å². The summed E-state index contributed by atoms with van der Waals surface area (Å²) in [5, 5.41) is 91.0. The molecule has 0 aromatic heterocycles. The summed E-state index contributed by atoms with van der Waals surface area (Å²) in [6, 6.07) is 3.22. The number of ketones is 1. The highest BCUT2D eigenvalue weighted by molar-refractivity contribution is 6.11. The highest BCUT2D eigenvalue weighted by Gasteiger charge is 2.52. The van der Waals surface area contributed by atoms with Crippen LogP contribution in [0.5, 0.6) is 17.2 Å². The number of aliphatic hydroxyl groups excluding tert-OH is 5. The Hall–Kier alpha value is -3.97. The Morgan fingerprint density at radius 2 is 1.22 bits per heavy atom. The number of esters is 2. The van der Waals surface area contributed by atoms with Gasteiger partial charge in [0.15, 0.2) is 43.2 Å². The lowest BCUT2D eigenvalue weighted by molar-refractivity contribution is -0.334. The molecule has 5 fully saturated rings. The van der Waals surface area contributed by atoms with Gasteiger partial charge in [-0.2, -0.15) is 0 Å². The molecule has 0 bridgehead atoms. The van der Waals surface area contributed by atoms with E-state index in [-0.39, 0.29) is 66.2 Å². The van der Waals surface area contributed by atoms with Crippen molar-refractivity contribution in [2.24, 2.45) is 11.8 Å². The molecule has 0 amide bonds. The van der Waals surface area contributed by atoms with E-state index in [4.69, 9.17) is 66.3 Å². The van der Waals surface area contributed by atoms with Crippen molar-refractivity contribution in [2.45, 2.75) is 262 Å². The van der Waals surface area contributed by atoms with Crippen molar-refractivity contribution >= 4 is 28.5 Å². The van der Waals surface area contributed by atoms with Gasteiger partial charge >= 0.3 is 11.9 Å². The number of phenolic OH excluding ortho intramolecular Hbond substituents is 2. The number of hydrogen-bond donors (Lipinski definition) is 8. The SMILES string of the molecule is CO[C@H]([C@H](C)[C@H](O)[C@H](C)O)[C@@H]1Cc2cc3cc(O[C@H]4C[C@@H](O[C@H]5C[C@@H](O)[C@H](OC)[C@@H](C)O5)[C@H](OC(C)=O)[C@@H](C)O4)c(C)c(O)c3c(O)c2C(=O)[C@H]1O[C@H]1C[C@@H](O[C@H]2C[C@@H](O[C@H]3C[C@@](C)(O)[C@H](OC(C)=O)[C@@H](C)O3)[C@H](O)[C@@H](C)O2)[C@H](O)[C@@H](C)O1. The lowest BCUT2D eigenvalue weighted by Crippen LogP contribution is -2.59. The van der Waals surface area contributed by atoms with E-state index in [2.05, 4.69) is 0 Å². The number of aliphatic hydroxyl groups is 6. The minimum atomic E-state index is -1.53. The van der Waals surface area contributed by atoms with Gasteiger partial charge in [-0.3, -0.25) is 14.4 Å². The molecule has 8 rings (SSSR count). The summed E-state index contributed by atoms with van der Waals surface area (Å²) in [6.07, 6.45) is -22.9. The molecule has 25 heteroatoms. The van der Waals surface area contributed by atoms with Gasteiger partial charge in [-0.1, -0.05) is 6.92 Å². The number of rotatable bonds is 18. The van der Waals surface area contributed by atoms with Crippen LogP contribution in [0.15, 0.2) is 12.1 Å². The fourth-order valence-corrected chi connectivity index (χ4v) is 13.0. The number of Topliss-reactive ketones (excluding diaryl/α,β-unsaturated/α-hetero) is 1. The number of carbonyl (C=O) groups is 3. The Balaban J connectivity index is 1.04. The van der Waals surface area contributed by atoms with E-state index in [0.717, 1.165) is 0 Å². The van der Waals surface area contributed by atoms with Crippen LogP contribution in [0.3, 0.4) is 0 Å². The van der Waals surface area contributed by atoms with Crippen molar-refractivity contribution in [3.63, 3.8) is 0 Å². The van der Waals surface area contributed by atoms with Crippen LogP contribution in [-0.2, 0) is 77.6 Å². The molecule has 25 nitrogen and oxygen atoms in total. The number of fused-ring (bicyclic) bond motifs is 2. The van der Waals surface area contributed by atoms with Crippen LogP contribution < -0.4 is 4.74 Å². The molecule has 83 heavy (non-hydrogen) atoms. The maximum Gasteiger partial charge on any atom is 0.303 e. The smallest absolute Gasteiger partial charge is 0.303 e. The van der Waals surface area contributed by atoms with Gasteiger partial charge in [0.1, 0.15) is 53.4 Å². The van der Waals surface area contributed by atoms with E-state index >= 15 is 4.79 Å². The van der Waals surface area contributed by atoms with E-state index in [9.17, 15) is 50.4 Å². The van der Waals surface area contributed by atoms with E-state index in [0.29, 0.717) is 5.56 Å². The minimum Gasteiger partial charge on any atom is -0.507 e. The molecular formula is C58H86O25. The Bertz CT molecular complexity index is 2570. The first-order chi connectivity index (χ1) is 39.0. The summed E-state index contributed by atoms with van der Waals surface area (Å²) in [5.41, 5.74) is -1.18. The molecule has 468 valence electrons. The monoisotopic (exact) mass is 1180 g/mol. The summed E-state index contributed by atoms with van der Waals surface area (Å²) >= 11 is 0. The summed E-state index contributed by atoms with van der Waals surface area (Å²) in [5.74, 6) is -4.42. The first-order valence-corrected chi connectivity index (χ1v) is 28.7. The number of phenols is 2. The molecule has 6 aliphatic rings. The molecule has 0 spiro atoms. The quantitative estimate of drug-likeness (QED) is 0.0995. The zero-order valence-corrected chi connectivity index (χ0v) is 49.3. The Morgan fingerprint density at radius 1 is 0.687 bits per heavy atom. The van der Waals surface area contributed by atoms with Crippen LogP contribution in [0.4, 0.5) is 0 Å². The van der Waals surface area contributed by atoms with Gasteiger partial charge in [0, 0.05) is 77.6 Å². The third-order valence-corrected chi connectivity index (χ3v) is 17.2. The molecule has 2 aromatic carbocycles. The second kappa shape index (κ2) is 26.6. The first kappa shape index (κ1) is 65.0. The maximum absolute atomic E-state index is 15.3. The molecule has 5 aliphatic heterocycles. The van der Waals surface area contributed by atoms with E-state index < -0.39 is 188 Å². The average Bonchev–Trinajstić information content (AvgIpc) is 3.57. The van der Waals surface area contributed by atoms with Gasteiger partial charge in [-0.25, -0.2) is 0 Å². The summed E-state index contributed by atoms with van der Waals surface area (Å²) in [7, 11) is 2.88. The Labute approximate surface area is 482 Å². The molecule has 5 saturated heterocycles. The van der Waals surface area contributed by atoms with Crippen LogP contribution >= 0.6 is 0 Å². The van der Waals surface area contributed by atoms with Gasteiger partial charge in [0.05, 0.1) is 78.1 Å². The predicted molar refractivity (Wildman–Crippen MR) is 287 cm³/mol. The fourth-order valence-electron chi connectivity index (χ4n) is 13.0.